The highest BCUT2D eigenvalue weighted by Gasteiger charge is 2.40. The van der Waals surface area contributed by atoms with Crippen LogP contribution in [0.25, 0.3) is 0 Å². The van der Waals surface area contributed by atoms with Crippen LogP contribution < -0.4 is 83.1 Å². The second-order valence-corrected chi connectivity index (χ2v) is 38.2. The number of nitrogens with one attached hydrogen (secondary N) is 8. The first-order valence-electron chi connectivity index (χ1n) is 49.3. The monoisotopic (exact) mass is 1930 g/mol. The van der Waals surface area contributed by atoms with E-state index >= 15 is 4.79 Å². The molecule has 39 heteroatoms. The first-order valence-corrected chi connectivity index (χ1v) is 50.7. The third kappa shape index (κ3) is 53.8. The third-order valence-corrected chi connectivity index (χ3v) is 24.9. The number of hydrogen-bond acceptors (Lipinski definition) is 25. The SMILES string of the molecule is CCCCCCCCCCCCCCCCCC(=O)N[C@@H](CCCCN)C(=O)N[C@@H](CCCCN)C(=O)C[C@@H](CC(C)C)C(=O)N[C@@H](CCCN=C(N)N)C(=O)C[C@@H](CO)C(=O)N[C@@H](CCSC)C(=O)C[C@H](C(=O)N[C@@H](CC(=O)O)C(=O)C[C@@H](CCCCN)C(=O)N[C@@H](Cc1ccc(O)cc1)C(=O)C[C@@H](CCCN=C(N)N)C(=O)N[C@@H](CC(C)C)C(=O)C[C@@H](Cc1cnc[nH]1)C(N)=O)[C@@H](C)O. The van der Waals surface area contributed by atoms with E-state index in [4.69, 9.17) is 45.9 Å². The number of aromatic nitrogens is 2. The highest BCUT2D eigenvalue weighted by Crippen LogP contribution is 2.27. The van der Waals surface area contributed by atoms with Crippen LogP contribution in [-0.4, -0.2) is 230 Å². The van der Waals surface area contributed by atoms with Crippen LogP contribution in [0.1, 0.15) is 303 Å². The highest BCUT2D eigenvalue weighted by atomic mass is 32.2. The molecule has 0 saturated heterocycles. The van der Waals surface area contributed by atoms with E-state index in [1.165, 1.54) is 113 Å². The topological polar surface area (TPSA) is 683 Å². The van der Waals surface area contributed by atoms with Crippen LogP contribution in [0.15, 0.2) is 46.8 Å². The average molecular weight is 1940 g/mol. The number of ketones is 6. The van der Waals surface area contributed by atoms with Crippen LogP contribution in [-0.2, 0) is 84.8 Å². The zero-order valence-corrected chi connectivity index (χ0v) is 82.7. The number of unbranched alkanes of at least 4 members (excludes halogenated alkanes) is 17. The lowest BCUT2D eigenvalue weighted by Crippen LogP contribution is -2.52. The summed E-state index contributed by atoms with van der Waals surface area (Å²) in [5, 5.41) is 61.9. The van der Waals surface area contributed by atoms with Gasteiger partial charge in [-0.15, -0.1) is 0 Å². The fraction of sp³-hybridized carbons (Fsp3) is 0.732. The Morgan fingerprint density at radius 3 is 1.30 bits per heavy atom. The van der Waals surface area contributed by atoms with Gasteiger partial charge in [0.15, 0.2) is 46.6 Å². The van der Waals surface area contributed by atoms with Crippen LogP contribution >= 0.6 is 11.8 Å². The van der Waals surface area contributed by atoms with Crippen molar-refractivity contribution in [2.24, 2.45) is 103 Å². The Hall–Kier alpha value is -9.83. The zero-order chi connectivity index (χ0) is 101. The number of hydrogen-bond donors (Lipinski definition) is 20. The lowest BCUT2D eigenvalue weighted by atomic mass is 9.87. The lowest BCUT2D eigenvalue weighted by molar-refractivity contribution is -0.142. The van der Waals surface area contributed by atoms with Crippen molar-refractivity contribution in [1.29, 1.82) is 0 Å². The molecule has 1 heterocycles. The number of phenols is 1. The molecule has 0 saturated carbocycles. The Bertz CT molecular complexity index is 3960. The minimum Gasteiger partial charge on any atom is -0.508 e. The minimum atomic E-state index is -1.92. The van der Waals surface area contributed by atoms with E-state index in [0.717, 1.165) is 32.6 Å². The predicted octanol–water partition coefficient (Wildman–Crippen LogP) is 5.68. The summed E-state index contributed by atoms with van der Waals surface area (Å²) in [5.41, 5.74) is 46.9. The molecule has 2 rings (SSSR count). The molecule has 0 aliphatic carbocycles. The molecule has 38 nitrogen and oxygen atoms in total. The quantitative estimate of drug-likeness (QED) is 0.0215. The molecule has 2 aromatic rings. The summed E-state index contributed by atoms with van der Waals surface area (Å²) < 4.78 is 0. The number of carboxylic acid groups (broad SMARTS) is 1. The Kier molecular flexibility index (Phi) is 64.4. The first-order chi connectivity index (χ1) is 64.8. The number of carbonyl (C=O) groups excluding carboxylic acids is 14. The van der Waals surface area contributed by atoms with Crippen LogP contribution in [0.2, 0.25) is 0 Å². The number of aliphatic hydroxyl groups is 2. The van der Waals surface area contributed by atoms with Crippen molar-refractivity contribution in [1.82, 2.24) is 47.2 Å². The molecule has 28 N–H and O–H groups in total. The number of thioether (sulfide) groups is 1. The summed E-state index contributed by atoms with van der Waals surface area (Å²) in [5.74, 6) is -20.7. The summed E-state index contributed by atoms with van der Waals surface area (Å²) in [6.45, 7) is 10.6. The van der Waals surface area contributed by atoms with E-state index in [2.05, 4.69) is 64.1 Å². The summed E-state index contributed by atoms with van der Waals surface area (Å²) >= 11 is 1.27. The van der Waals surface area contributed by atoms with Crippen molar-refractivity contribution in [2.75, 3.05) is 51.3 Å². The smallest absolute Gasteiger partial charge is 0.305 e. The minimum absolute atomic E-state index is 0.00348. The molecule has 0 unspecified atom stereocenters. The summed E-state index contributed by atoms with van der Waals surface area (Å²) in [4.78, 5) is 229. The van der Waals surface area contributed by atoms with E-state index in [1.54, 1.807) is 6.26 Å². The number of carboxylic acids is 1. The molecule has 0 bridgehead atoms. The normalized spacial score (nSPS) is 14.5. The van der Waals surface area contributed by atoms with E-state index in [-0.39, 0.29) is 164 Å². The van der Waals surface area contributed by atoms with Gasteiger partial charge in [0, 0.05) is 94.1 Å². The number of imidazole rings is 1. The standard InChI is InChI=1S/C97H167N19O19S/c1-8-9-10-11-12-13-14-15-16-17-18-19-20-21-22-36-87(126)110-77(34-25-28-44-100)95(135)113-74(33-24-27-43-99)81(120)55-69(48-62(2)3)92(132)111-75(35-30-46-108-97(104)105)82(121)56-70(60-117)93(133)112-76(41-47-136-7)86(125)57-73(64(6)118)94(134)116-80(58-88(127)128)84(123)52-66(31-23-26-42-98)90(130)115-79(50-65-37-39-72(119)40-38-65)83(122)53-67(32-29-45-107-96(102)103)91(131)114-78(49-63(4)5)85(124)54-68(89(101)129)51-71-59-106-61-109-71/h37-40,59,61-64,66-70,73-80,117-119H,8-36,41-58,60,98-100H2,1-7H3,(H2,101,129)(H,106,109)(H,110,126)(H,111,132)(H,112,133)(H,113,135)(H,114,131)(H,115,130)(H,116,134)(H,127,128)(H4,102,103,107)(H4,104,105,108)/t64-,66-,67-,68-,69-,70+,73+,74+,75+,76+,77+,78+,79+,80+/m1/s1. The molecule has 0 spiro atoms. The van der Waals surface area contributed by atoms with E-state index in [1.807, 2.05) is 27.7 Å². The van der Waals surface area contributed by atoms with Crippen molar-refractivity contribution in [3.8, 4) is 5.75 Å². The number of aromatic hydroxyl groups is 1. The number of phenolic OH excluding ortho intramolecular Hbond substituents is 1. The number of nitrogens with two attached hydrogens (primary N) is 8. The number of aromatic amines is 1. The van der Waals surface area contributed by atoms with E-state index in [0.29, 0.717) is 62.9 Å². The fourth-order valence-corrected chi connectivity index (χ4v) is 16.8. The van der Waals surface area contributed by atoms with Gasteiger partial charge in [-0.2, -0.15) is 11.8 Å². The molecular weight excluding hydrogens is 1770 g/mol. The number of rotatable bonds is 83. The van der Waals surface area contributed by atoms with E-state index in [9.17, 15) is 87.5 Å². The van der Waals surface area contributed by atoms with Gasteiger partial charge in [0.05, 0.1) is 79.5 Å². The van der Waals surface area contributed by atoms with Gasteiger partial charge in [-0.3, -0.25) is 81.9 Å². The lowest BCUT2D eigenvalue weighted by Gasteiger charge is -2.27. The highest BCUT2D eigenvalue weighted by molar-refractivity contribution is 7.98. The summed E-state index contributed by atoms with van der Waals surface area (Å²) in [7, 11) is 0. The van der Waals surface area contributed by atoms with Crippen LogP contribution in [0, 0.1) is 47.3 Å². The van der Waals surface area contributed by atoms with E-state index < -0.39 is 205 Å². The van der Waals surface area contributed by atoms with Gasteiger partial charge in [-0.05, 0) is 177 Å². The van der Waals surface area contributed by atoms with Gasteiger partial charge in [0.25, 0.3) is 0 Å². The number of nitrogens with zero attached hydrogens (tertiary/aromatic N) is 3. The molecule has 8 amide bonds. The third-order valence-electron chi connectivity index (χ3n) is 24.3. The number of Topliss-reactive ketones (excluding diaryl/α,β-unsaturated/α-hetero) is 6. The maximum absolute atomic E-state index is 15.0. The van der Waals surface area contributed by atoms with Crippen molar-refractivity contribution >= 4 is 112 Å². The van der Waals surface area contributed by atoms with Crippen LogP contribution in [0.4, 0.5) is 0 Å². The van der Waals surface area contributed by atoms with Crippen LogP contribution in [0.3, 0.4) is 0 Å². The van der Waals surface area contributed by atoms with Crippen molar-refractivity contribution in [3.05, 3.63) is 48.0 Å². The number of aliphatic carboxylic acids is 1. The fourth-order valence-electron chi connectivity index (χ4n) is 16.4. The average Bonchev–Trinajstić information content (AvgIpc) is 0.955. The first kappa shape index (κ1) is 122. The number of primary amides is 1. The number of benzene rings is 1. The molecule has 1 aromatic heterocycles. The summed E-state index contributed by atoms with van der Waals surface area (Å²) in [6, 6.07) is -3.77. The van der Waals surface area contributed by atoms with Crippen molar-refractivity contribution in [3.63, 3.8) is 0 Å². The number of aliphatic imine (C=N–C) groups is 2. The van der Waals surface area contributed by atoms with Gasteiger partial charge < -0.3 is 108 Å². The summed E-state index contributed by atoms with van der Waals surface area (Å²) in [6.07, 6.45) is 19.1. The second kappa shape index (κ2) is 71.6. The molecule has 0 aliphatic heterocycles. The van der Waals surface area contributed by atoms with Gasteiger partial charge in [0.1, 0.15) is 11.8 Å². The Morgan fingerprint density at radius 2 is 0.824 bits per heavy atom. The van der Waals surface area contributed by atoms with Gasteiger partial charge >= 0.3 is 5.97 Å². The van der Waals surface area contributed by atoms with Crippen LogP contribution in [0.5, 0.6) is 5.75 Å². The number of H-pyrrole nitrogens is 1. The molecule has 136 heavy (non-hydrogen) atoms. The predicted molar refractivity (Wildman–Crippen MR) is 527 cm³/mol. The molecule has 1 aromatic carbocycles. The molecular formula is C97H167N19O19S. The molecule has 0 fully saturated rings. The van der Waals surface area contributed by atoms with Gasteiger partial charge in [-0.1, -0.05) is 143 Å². The second-order valence-electron chi connectivity index (χ2n) is 37.2. The molecule has 770 valence electrons. The molecule has 14 atom stereocenters. The largest absolute Gasteiger partial charge is 0.508 e. The van der Waals surface area contributed by atoms with Crippen molar-refractivity contribution in [2.45, 2.75) is 353 Å². The number of guanidine groups is 2. The zero-order valence-electron chi connectivity index (χ0n) is 81.9. The Balaban J connectivity index is 2.49. The maximum Gasteiger partial charge on any atom is 0.305 e. The Morgan fingerprint density at radius 1 is 0.419 bits per heavy atom. The molecule has 0 radical (unpaired) electrons. The maximum atomic E-state index is 15.0. The number of aliphatic hydroxyl groups excluding tert-OH is 2. The van der Waals surface area contributed by atoms with Gasteiger partial charge in [0.2, 0.25) is 47.3 Å². The number of carbonyl (C=O) groups is 15. The number of amides is 8. The Labute approximate surface area is 808 Å². The van der Waals surface area contributed by atoms with Crippen molar-refractivity contribution < 1.29 is 92.3 Å². The van der Waals surface area contributed by atoms with Gasteiger partial charge in [-0.25, -0.2) is 4.98 Å². The molecule has 0 aliphatic rings.